The van der Waals surface area contributed by atoms with E-state index in [0.29, 0.717) is 43.9 Å². The van der Waals surface area contributed by atoms with Crippen LogP contribution in [0, 0.1) is 23.2 Å². The highest BCUT2D eigenvalue weighted by Crippen LogP contribution is 2.30. The minimum Gasteiger partial charge on any atom is -0.497 e. The van der Waals surface area contributed by atoms with Crippen LogP contribution in [-0.2, 0) is 4.79 Å². The molecule has 0 saturated carbocycles. The van der Waals surface area contributed by atoms with Gasteiger partial charge < -0.3 is 19.9 Å². The van der Waals surface area contributed by atoms with E-state index in [9.17, 15) is 9.59 Å². The summed E-state index contributed by atoms with van der Waals surface area (Å²) in [7, 11) is 3.34. The van der Waals surface area contributed by atoms with E-state index < -0.39 is 0 Å². The highest BCUT2D eigenvalue weighted by atomic mass is 16.5. The summed E-state index contributed by atoms with van der Waals surface area (Å²) < 4.78 is 5.19. The molecule has 7 nitrogen and oxygen atoms in total. The van der Waals surface area contributed by atoms with Gasteiger partial charge in [-0.05, 0) is 30.4 Å². The molecule has 0 bridgehead atoms. The molecule has 0 aliphatic carbocycles. The van der Waals surface area contributed by atoms with Crippen LogP contribution >= 0.6 is 0 Å². The predicted octanol–water partition coefficient (Wildman–Crippen LogP) is 3.34. The summed E-state index contributed by atoms with van der Waals surface area (Å²) in [5.74, 6) is 1.33. The van der Waals surface area contributed by atoms with Gasteiger partial charge in [-0.2, -0.15) is 5.26 Å². The Morgan fingerprint density at radius 3 is 2.86 bits per heavy atom. The fraction of sp³-hybridized carbons (Fsp3) is 0.571. The molecule has 0 radical (unpaired) electrons. The first kappa shape index (κ1) is 21.5. The van der Waals surface area contributed by atoms with Crippen LogP contribution in [0.1, 0.15) is 32.6 Å². The third-order valence-corrected chi connectivity index (χ3v) is 5.45. The lowest BCUT2D eigenvalue weighted by atomic mass is 9.81. The largest absolute Gasteiger partial charge is 0.497 e. The van der Waals surface area contributed by atoms with E-state index in [2.05, 4.69) is 18.3 Å². The average molecular weight is 386 g/mol. The summed E-state index contributed by atoms with van der Waals surface area (Å²) in [5, 5.41) is 11.6. The van der Waals surface area contributed by atoms with Gasteiger partial charge in [-0.3, -0.25) is 4.79 Å². The zero-order valence-corrected chi connectivity index (χ0v) is 17.0. The predicted molar refractivity (Wildman–Crippen MR) is 108 cm³/mol. The standard InChI is InChI=1S/C21H30N4O3/c1-4-16-15-25(21(27)23-18-7-5-8-19(14-18)28-3)12-9-17(16)13-20(26)24(2)11-6-10-22/h5,7-8,14,16-17H,4,6,9,11-13,15H2,1-3H3,(H,23,27)/t16-,17-/m0/s1. The fourth-order valence-electron chi connectivity index (χ4n) is 3.62. The zero-order valence-electron chi connectivity index (χ0n) is 17.0. The van der Waals surface area contributed by atoms with Crippen LogP contribution < -0.4 is 10.1 Å². The van der Waals surface area contributed by atoms with Crippen molar-refractivity contribution >= 4 is 17.6 Å². The highest BCUT2D eigenvalue weighted by Gasteiger charge is 2.32. The van der Waals surface area contributed by atoms with Crippen LogP contribution in [0.25, 0.3) is 0 Å². The Balaban J connectivity index is 1.91. The van der Waals surface area contributed by atoms with Crippen LogP contribution in [0.5, 0.6) is 5.75 Å². The van der Waals surface area contributed by atoms with Gasteiger partial charge >= 0.3 is 6.03 Å². The van der Waals surface area contributed by atoms with E-state index >= 15 is 0 Å². The number of hydrogen-bond acceptors (Lipinski definition) is 4. The van der Waals surface area contributed by atoms with Gasteiger partial charge in [0.15, 0.2) is 0 Å². The Morgan fingerprint density at radius 1 is 1.39 bits per heavy atom. The lowest BCUT2D eigenvalue weighted by Gasteiger charge is -2.38. The van der Waals surface area contributed by atoms with Gasteiger partial charge in [0.1, 0.15) is 5.75 Å². The van der Waals surface area contributed by atoms with E-state index in [4.69, 9.17) is 10.00 Å². The average Bonchev–Trinajstić information content (AvgIpc) is 2.72. The van der Waals surface area contributed by atoms with Gasteiger partial charge in [0, 0.05) is 44.9 Å². The number of urea groups is 1. The van der Waals surface area contributed by atoms with Crippen molar-refractivity contribution in [1.82, 2.24) is 9.80 Å². The van der Waals surface area contributed by atoms with Crippen molar-refractivity contribution < 1.29 is 14.3 Å². The summed E-state index contributed by atoms with van der Waals surface area (Å²) in [4.78, 5) is 28.5. The van der Waals surface area contributed by atoms with E-state index in [0.717, 1.165) is 12.8 Å². The normalized spacial score (nSPS) is 18.9. The molecule has 28 heavy (non-hydrogen) atoms. The maximum atomic E-state index is 12.7. The SMILES string of the molecule is CC[C@H]1CN(C(=O)Nc2cccc(OC)c2)CC[C@H]1CC(=O)N(C)CCC#N. The van der Waals surface area contributed by atoms with E-state index in [1.807, 2.05) is 23.1 Å². The quantitative estimate of drug-likeness (QED) is 0.779. The first-order chi connectivity index (χ1) is 13.5. The molecule has 7 heteroatoms. The fourth-order valence-corrected chi connectivity index (χ4v) is 3.62. The van der Waals surface area contributed by atoms with Crippen LogP contribution in [0.3, 0.4) is 0 Å². The van der Waals surface area contributed by atoms with Gasteiger partial charge in [-0.1, -0.05) is 19.4 Å². The smallest absolute Gasteiger partial charge is 0.321 e. The van der Waals surface area contributed by atoms with Gasteiger partial charge in [-0.25, -0.2) is 4.79 Å². The van der Waals surface area contributed by atoms with Crippen molar-refractivity contribution in [3.63, 3.8) is 0 Å². The maximum Gasteiger partial charge on any atom is 0.321 e. The summed E-state index contributed by atoms with van der Waals surface area (Å²) in [5.41, 5.74) is 0.703. The molecule has 1 aromatic carbocycles. The van der Waals surface area contributed by atoms with Gasteiger partial charge in [0.2, 0.25) is 5.91 Å². The Hall–Kier alpha value is -2.75. The number of nitriles is 1. The molecule has 1 N–H and O–H groups in total. The molecule has 1 aliphatic heterocycles. The van der Waals surface area contributed by atoms with Crippen LogP contribution in [0.2, 0.25) is 0 Å². The molecular weight excluding hydrogens is 356 g/mol. The third kappa shape index (κ3) is 5.88. The molecule has 0 aromatic heterocycles. The molecule has 152 valence electrons. The number of hydrogen-bond donors (Lipinski definition) is 1. The summed E-state index contributed by atoms with van der Waals surface area (Å²) in [6.45, 7) is 3.84. The molecule has 1 aliphatic rings. The third-order valence-electron chi connectivity index (χ3n) is 5.45. The molecule has 1 heterocycles. The minimum absolute atomic E-state index is 0.0768. The summed E-state index contributed by atoms with van der Waals surface area (Å²) >= 11 is 0. The van der Waals surface area contributed by atoms with E-state index in [1.54, 1.807) is 25.1 Å². The molecule has 1 fully saturated rings. The van der Waals surface area contributed by atoms with Crippen LogP contribution in [0.4, 0.5) is 10.5 Å². The number of methoxy groups -OCH3 is 1. The Morgan fingerprint density at radius 2 is 2.18 bits per heavy atom. The van der Waals surface area contributed by atoms with E-state index in [1.165, 1.54) is 0 Å². The van der Waals surface area contributed by atoms with Crippen molar-refractivity contribution in [2.75, 3.05) is 39.1 Å². The number of ether oxygens (including phenoxy) is 1. The molecule has 1 aromatic rings. The maximum absolute atomic E-state index is 12.7. The molecule has 0 spiro atoms. The number of amides is 3. The molecule has 3 amide bonds. The second kappa shape index (κ2) is 10.5. The zero-order chi connectivity index (χ0) is 20.5. The number of piperidine rings is 1. The van der Waals surface area contributed by atoms with Crippen LogP contribution in [0.15, 0.2) is 24.3 Å². The number of carbonyl (C=O) groups is 2. The lowest BCUT2D eigenvalue weighted by molar-refractivity contribution is -0.131. The number of rotatable bonds is 7. The molecule has 1 saturated heterocycles. The number of nitrogens with one attached hydrogen (secondary N) is 1. The number of benzene rings is 1. The molecular formula is C21H30N4O3. The molecule has 2 atom stereocenters. The van der Waals surface area contributed by atoms with Gasteiger partial charge in [-0.15, -0.1) is 0 Å². The summed E-state index contributed by atoms with van der Waals surface area (Å²) in [6.07, 6.45) is 2.55. The number of likely N-dealkylation sites (tertiary alicyclic amines) is 1. The lowest BCUT2D eigenvalue weighted by Crippen LogP contribution is -2.46. The van der Waals surface area contributed by atoms with Crippen molar-refractivity contribution in [3.05, 3.63) is 24.3 Å². The number of nitrogens with zero attached hydrogens (tertiary/aromatic N) is 3. The number of carbonyl (C=O) groups excluding carboxylic acids is 2. The number of anilines is 1. The monoisotopic (exact) mass is 386 g/mol. The first-order valence-corrected chi connectivity index (χ1v) is 9.79. The molecule has 0 unspecified atom stereocenters. The second-order valence-electron chi connectivity index (χ2n) is 7.25. The second-order valence-corrected chi connectivity index (χ2v) is 7.25. The van der Waals surface area contributed by atoms with Gasteiger partial charge in [0.05, 0.1) is 19.6 Å². The Kier molecular flexibility index (Phi) is 8.12. The van der Waals surface area contributed by atoms with E-state index in [-0.39, 0.29) is 23.8 Å². The van der Waals surface area contributed by atoms with Gasteiger partial charge in [0.25, 0.3) is 0 Å². The van der Waals surface area contributed by atoms with Crippen LogP contribution in [-0.4, -0.2) is 55.5 Å². The van der Waals surface area contributed by atoms with Crippen molar-refractivity contribution in [3.8, 4) is 11.8 Å². The first-order valence-electron chi connectivity index (χ1n) is 9.79. The van der Waals surface area contributed by atoms with Crippen molar-refractivity contribution in [2.24, 2.45) is 11.8 Å². The minimum atomic E-state index is -0.123. The van der Waals surface area contributed by atoms with Crippen molar-refractivity contribution in [1.29, 1.82) is 5.26 Å². The highest BCUT2D eigenvalue weighted by molar-refractivity contribution is 5.89. The summed E-state index contributed by atoms with van der Waals surface area (Å²) in [6, 6.07) is 9.24. The Labute approximate surface area is 167 Å². The van der Waals surface area contributed by atoms with Crippen molar-refractivity contribution in [2.45, 2.75) is 32.6 Å². The topological polar surface area (TPSA) is 85.7 Å². The molecule has 2 rings (SSSR count). The Bertz CT molecular complexity index is 716.